The maximum Gasteiger partial charge on any atom is 0.145 e. The van der Waals surface area contributed by atoms with Gasteiger partial charge in [0, 0.05) is 5.56 Å². The molecule has 0 atom stereocenters. The Labute approximate surface area is 114 Å². The molecule has 0 spiro atoms. The fourth-order valence-electron chi connectivity index (χ4n) is 1.70. The zero-order chi connectivity index (χ0) is 14.5. The summed E-state index contributed by atoms with van der Waals surface area (Å²) in [6, 6.07) is 10.3. The molecule has 0 amide bonds. The highest BCUT2D eigenvalue weighted by molar-refractivity contribution is 5.47. The lowest BCUT2D eigenvalue weighted by Gasteiger charge is -2.09. The normalized spacial score (nSPS) is 10.1. The number of nitrogens with zero attached hydrogens (tertiary/aromatic N) is 1. The third kappa shape index (κ3) is 2.92. The SMILES string of the molecule is N#Cc1cc(CO)ccc1Oc1ccc(F)c(CF)c1. The summed E-state index contributed by atoms with van der Waals surface area (Å²) in [6.07, 6.45) is 0. The van der Waals surface area contributed by atoms with Crippen LogP contribution in [0, 0.1) is 17.1 Å². The second kappa shape index (κ2) is 6.13. The van der Waals surface area contributed by atoms with E-state index in [1.807, 2.05) is 6.07 Å². The van der Waals surface area contributed by atoms with Crippen LogP contribution in [0.5, 0.6) is 11.5 Å². The van der Waals surface area contributed by atoms with Gasteiger partial charge >= 0.3 is 0 Å². The molecule has 5 heteroatoms. The lowest BCUT2D eigenvalue weighted by molar-refractivity contribution is 0.281. The number of ether oxygens (including phenoxy) is 1. The lowest BCUT2D eigenvalue weighted by atomic mass is 10.1. The van der Waals surface area contributed by atoms with Gasteiger partial charge in [0.15, 0.2) is 0 Å². The summed E-state index contributed by atoms with van der Waals surface area (Å²) < 4.78 is 31.2. The minimum atomic E-state index is -0.933. The highest BCUT2D eigenvalue weighted by atomic mass is 19.1. The molecular weight excluding hydrogens is 264 g/mol. The second-order valence-electron chi connectivity index (χ2n) is 4.09. The van der Waals surface area contributed by atoms with Crippen LogP contribution in [0.25, 0.3) is 0 Å². The second-order valence-corrected chi connectivity index (χ2v) is 4.09. The van der Waals surface area contributed by atoms with E-state index in [4.69, 9.17) is 15.1 Å². The van der Waals surface area contributed by atoms with Crippen molar-refractivity contribution in [2.24, 2.45) is 0 Å². The molecule has 0 bridgehead atoms. The van der Waals surface area contributed by atoms with E-state index in [1.165, 1.54) is 24.3 Å². The number of nitriles is 1. The fraction of sp³-hybridized carbons (Fsp3) is 0.133. The van der Waals surface area contributed by atoms with Gasteiger partial charge in [-0.05, 0) is 35.9 Å². The monoisotopic (exact) mass is 275 g/mol. The Bertz CT molecular complexity index is 665. The number of hydrogen-bond acceptors (Lipinski definition) is 3. The Hall–Kier alpha value is -2.45. The Morgan fingerprint density at radius 1 is 1.20 bits per heavy atom. The molecule has 1 N–H and O–H groups in total. The first-order valence-electron chi connectivity index (χ1n) is 5.84. The summed E-state index contributed by atoms with van der Waals surface area (Å²) in [4.78, 5) is 0. The number of benzene rings is 2. The average molecular weight is 275 g/mol. The van der Waals surface area contributed by atoms with E-state index >= 15 is 0 Å². The molecule has 0 aliphatic rings. The summed E-state index contributed by atoms with van der Waals surface area (Å²) in [7, 11) is 0. The van der Waals surface area contributed by atoms with E-state index in [0.717, 1.165) is 6.07 Å². The third-order valence-corrected chi connectivity index (χ3v) is 2.74. The van der Waals surface area contributed by atoms with Crippen LogP contribution < -0.4 is 4.74 Å². The molecule has 0 unspecified atom stereocenters. The van der Waals surface area contributed by atoms with E-state index < -0.39 is 12.5 Å². The molecule has 3 nitrogen and oxygen atoms in total. The van der Waals surface area contributed by atoms with Gasteiger partial charge in [-0.3, -0.25) is 0 Å². The van der Waals surface area contributed by atoms with Crippen LogP contribution in [0.3, 0.4) is 0 Å². The summed E-state index contributed by atoms with van der Waals surface area (Å²) in [5.41, 5.74) is 0.716. The van der Waals surface area contributed by atoms with Crippen LogP contribution in [0.4, 0.5) is 8.78 Å². The van der Waals surface area contributed by atoms with Crippen LogP contribution in [0.15, 0.2) is 36.4 Å². The van der Waals surface area contributed by atoms with Gasteiger partial charge in [0.05, 0.1) is 12.2 Å². The Morgan fingerprint density at radius 3 is 2.65 bits per heavy atom. The summed E-state index contributed by atoms with van der Waals surface area (Å²) in [6.45, 7) is -1.12. The van der Waals surface area contributed by atoms with Crippen molar-refractivity contribution in [2.45, 2.75) is 13.3 Å². The van der Waals surface area contributed by atoms with Gasteiger partial charge in [0.1, 0.15) is 30.1 Å². The predicted octanol–water partition coefficient (Wildman–Crippen LogP) is 3.45. The Morgan fingerprint density at radius 2 is 2.00 bits per heavy atom. The fourth-order valence-corrected chi connectivity index (χ4v) is 1.70. The van der Waals surface area contributed by atoms with Gasteiger partial charge in [-0.2, -0.15) is 5.26 Å². The van der Waals surface area contributed by atoms with Crippen molar-refractivity contribution in [2.75, 3.05) is 0 Å². The largest absolute Gasteiger partial charge is 0.456 e. The van der Waals surface area contributed by atoms with Gasteiger partial charge in [0.2, 0.25) is 0 Å². The maximum atomic E-state index is 13.2. The molecule has 0 aliphatic carbocycles. The van der Waals surface area contributed by atoms with Crippen molar-refractivity contribution in [3.8, 4) is 17.6 Å². The quantitative estimate of drug-likeness (QED) is 0.929. The first-order valence-corrected chi connectivity index (χ1v) is 5.84. The van der Waals surface area contributed by atoms with E-state index in [1.54, 1.807) is 6.07 Å². The Kier molecular flexibility index (Phi) is 4.28. The molecule has 102 valence electrons. The van der Waals surface area contributed by atoms with E-state index in [-0.39, 0.29) is 29.2 Å². The number of alkyl halides is 1. The Balaban J connectivity index is 2.32. The standard InChI is InChI=1S/C15H11F2NO2/c16-7-11-6-13(2-3-14(11)17)20-15-4-1-10(9-19)5-12(15)8-18/h1-6,19H,7,9H2. The first kappa shape index (κ1) is 14.0. The zero-order valence-corrected chi connectivity index (χ0v) is 10.4. The predicted molar refractivity (Wildman–Crippen MR) is 68.4 cm³/mol. The summed E-state index contributed by atoms with van der Waals surface area (Å²) in [5, 5.41) is 18.0. The molecule has 0 fully saturated rings. The molecule has 2 rings (SSSR count). The van der Waals surface area contributed by atoms with Crippen LogP contribution in [0.1, 0.15) is 16.7 Å². The van der Waals surface area contributed by atoms with Crippen molar-refractivity contribution in [3.05, 3.63) is 58.9 Å². The van der Waals surface area contributed by atoms with Crippen LogP contribution in [0.2, 0.25) is 0 Å². The highest BCUT2D eigenvalue weighted by Crippen LogP contribution is 2.27. The third-order valence-electron chi connectivity index (χ3n) is 2.74. The molecular formula is C15H11F2NO2. The smallest absolute Gasteiger partial charge is 0.145 e. The van der Waals surface area contributed by atoms with Crippen molar-refractivity contribution in [3.63, 3.8) is 0 Å². The van der Waals surface area contributed by atoms with E-state index in [9.17, 15) is 8.78 Å². The van der Waals surface area contributed by atoms with Crippen molar-refractivity contribution < 1.29 is 18.6 Å². The molecule has 20 heavy (non-hydrogen) atoms. The highest BCUT2D eigenvalue weighted by Gasteiger charge is 2.08. The zero-order valence-electron chi connectivity index (χ0n) is 10.4. The minimum absolute atomic E-state index is 0.104. The van der Waals surface area contributed by atoms with Crippen LogP contribution in [-0.4, -0.2) is 5.11 Å². The minimum Gasteiger partial charge on any atom is -0.456 e. The number of halogens is 2. The van der Waals surface area contributed by atoms with Gasteiger partial charge in [-0.25, -0.2) is 8.78 Å². The molecule has 2 aromatic rings. The van der Waals surface area contributed by atoms with Gasteiger partial charge < -0.3 is 9.84 Å². The molecule has 0 saturated heterocycles. The molecule has 0 heterocycles. The van der Waals surface area contributed by atoms with Gasteiger partial charge in [-0.1, -0.05) is 6.07 Å². The number of aliphatic hydroxyl groups is 1. The topological polar surface area (TPSA) is 53.2 Å². The van der Waals surface area contributed by atoms with E-state index in [2.05, 4.69) is 0 Å². The number of aliphatic hydroxyl groups excluding tert-OH is 1. The molecule has 0 saturated carbocycles. The molecule has 0 radical (unpaired) electrons. The molecule has 0 aromatic heterocycles. The van der Waals surface area contributed by atoms with E-state index in [0.29, 0.717) is 5.56 Å². The molecule has 2 aromatic carbocycles. The van der Waals surface area contributed by atoms with Gasteiger partial charge in [-0.15, -0.1) is 0 Å². The maximum absolute atomic E-state index is 13.2. The summed E-state index contributed by atoms with van der Waals surface area (Å²) >= 11 is 0. The van der Waals surface area contributed by atoms with Crippen LogP contribution in [-0.2, 0) is 13.3 Å². The molecule has 0 aliphatic heterocycles. The van der Waals surface area contributed by atoms with Crippen molar-refractivity contribution in [1.29, 1.82) is 5.26 Å². The van der Waals surface area contributed by atoms with Crippen molar-refractivity contribution in [1.82, 2.24) is 0 Å². The van der Waals surface area contributed by atoms with Gasteiger partial charge in [0.25, 0.3) is 0 Å². The van der Waals surface area contributed by atoms with Crippen molar-refractivity contribution >= 4 is 0 Å². The average Bonchev–Trinajstić information content (AvgIpc) is 2.49. The number of hydrogen-bond donors (Lipinski definition) is 1. The first-order chi connectivity index (χ1) is 9.67. The number of rotatable bonds is 4. The van der Waals surface area contributed by atoms with Crippen LogP contribution >= 0.6 is 0 Å². The lowest BCUT2D eigenvalue weighted by Crippen LogP contribution is -1.93. The summed E-state index contributed by atoms with van der Waals surface area (Å²) in [5.74, 6) is -0.135.